The Morgan fingerprint density at radius 2 is 1.83 bits per heavy atom. The Bertz CT molecular complexity index is 923. The van der Waals surface area contributed by atoms with Crippen LogP contribution in [-0.4, -0.2) is 29.8 Å². The maximum absolute atomic E-state index is 4.63. The van der Waals surface area contributed by atoms with Crippen LogP contribution in [0.4, 0.5) is 0 Å². The lowest BCUT2D eigenvalue weighted by Crippen LogP contribution is -1.97. The largest absolute Gasteiger partial charge is 0.265 e. The van der Waals surface area contributed by atoms with Crippen molar-refractivity contribution in [3.05, 3.63) is 66.7 Å². The second-order valence-electron chi connectivity index (χ2n) is 4.81. The van der Waals surface area contributed by atoms with E-state index in [0.717, 1.165) is 27.7 Å². The number of hydrogen-bond donors (Lipinski definition) is 0. The monoisotopic (exact) mass is 320 g/mol. The second kappa shape index (κ2) is 6.13. The summed E-state index contributed by atoms with van der Waals surface area (Å²) in [5, 5.41) is 13.9. The number of aromatic nitrogens is 6. The Kier molecular flexibility index (Phi) is 3.69. The molecule has 4 aromatic rings. The molecule has 4 rings (SSSR count). The van der Waals surface area contributed by atoms with E-state index in [1.165, 1.54) is 0 Å². The van der Waals surface area contributed by atoms with Gasteiger partial charge in [-0.2, -0.15) is 9.61 Å². The molecule has 4 aromatic heterocycles. The average molecular weight is 320 g/mol. The van der Waals surface area contributed by atoms with Gasteiger partial charge in [0.1, 0.15) is 5.03 Å². The zero-order valence-electron chi connectivity index (χ0n) is 12.1. The van der Waals surface area contributed by atoms with Crippen LogP contribution in [0.5, 0.6) is 0 Å². The van der Waals surface area contributed by atoms with E-state index in [4.69, 9.17) is 0 Å². The van der Waals surface area contributed by atoms with Crippen LogP contribution >= 0.6 is 11.8 Å². The summed E-state index contributed by atoms with van der Waals surface area (Å²) in [7, 11) is 0. The summed E-state index contributed by atoms with van der Waals surface area (Å²) >= 11 is 1.63. The maximum atomic E-state index is 4.63. The van der Waals surface area contributed by atoms with Gasteiger partial charge >= 0.3 is 0 Å². The van der Waals surface area contributed by atoms with Crippen molar-refractivity contribution in [2.45, 2.75) is 10.8 Å². The molecule has 0 spiro atoms. The molecule has 0 radical (unpaired) electrons. The SMILES string of the molecule is c1ccc(CSc2ccc3nnc(-c4ccncc4)n3n2)nc1. The molecule has 0 aliphatic rings. The summed E-state index contributed by atoms with van der Waals surface area (Å²) in [5.74, 6) is 1.48. The molecule has 6 nitrogen and oxygen atoms in total. The van der Waals surface area contributed by atoms with E-state index < -0.39 is 0 Å². The first-order valence-electron chi connectivity index (χ1n) is 7.06. The highest BCUT2D eigenvalue weighted by Crippen LogP contribution is 2.22. The maximum Gasteiger partial charge on any atom is 0.185 e. The Hall–Kier alpha value is -2.80. The van der Waals surface area contributed by atoms with Crippen LogP contribution < -0.4 is 0 Å². The van der Waals surface area contributed by atoms with Crippen LogP contribution in [0.2, 0.25) is 0 Å². The van der Waals surface area contributed by atoms with E-state index in [9.17, 15) is 0 Å². The number of hydrogen-bond acceptors (Lipinski definition) is 6. The minimum absolute atomic E-state index is 0.711. The van der Waals surface area contributed by atoms with Crippen molar-refractivity contribution in [1.82, 2.24) is 29.8 Å². The lowest BCUT2D eigenvalue weighted by molar-refractivity contribution is 0.860. The van der Waals surface area contributed by atoms with Crippen LogP contribution in [0, 0.1) is 0 Å². The van der Waals surface area contributed by atoms with E-state index in [0.29, 0.717) is 5.82 Å². The van der Waals surface area contributed by atoms with Gasteiger partial charge in [0.25, 0.3) is 0 Å². The number of thioether (sulfide) groups is 1. The Morgan fingerprint density at radius 1 is 0.913 bits per heavy atom. The summed E-state index contributed by atoms with van der Waals surface area (Å²) in [5.41, 5.74) is 2.68. The van der Waals surface area contributed by atoms with E-state index in [1.54, 1.807) is 34.9 Å². The highest BCUT2D eigenvalue weighted by atomic mass is 32.2. The minimum atomic E-state index is 0.711. The fraction of sp³-hybridized carbons (Fsp3) is 0.0625. The quantitative estimate of drug-likeness (QED) is 0.539. The summed E-state index contributed by atoms with van der Waals surface area (Å²) in [4.78, 5) is 8.35. The Labute approximate surface area is 136 Å². The molecular formula is C16H12N6S. The fourth-order valence-electron chi connectivity index (χ4n) is 2.16. The van der Waals surface area contributed by atoms with E-state index >= 15 is 0 Å². The van der Waals surface area contributed by atoms with E-state index in [-0.39, 0.29) is 0 Å². The molecule has 0 amide bonds. The van der Waals surface area contributed by atoms with Gasteiger partial charge in [-0.25, -0.2) is 0 Å². The normalized spacial score (nSPS) is 11.0. The first-order valence-corrected chi connectivity index (χ1v) is 8.04. The topological polar surface area (TPSA) is 68.9 Å². The van der Waals surface area contributed by atoms with Crippen LogP contribution in [0.25, 0.3) is 17.0 Å². The molecular weight excluding hydrogens is 308 g/mol. The third-order valence-corrected chi connectivity index (χ3v) is 4.22. The smallest absolute Gasteiger partial charge is 0.185 e. The molecule has 0 unspecified atom stereocenters. The average Bonchev–Trinajstić information content (AvgIpc) is 3.05. The molecule has 0 bridgehead atoms. The van der Waals surface area contributed by atoms with Gasteiger partial charge in [0, 0.05) is 29.9 Å². The van der Waals surface area contributed by atoms with Crippen LogP contribution in [0.15, 0.2) is 66.1 Å². The minimum Gasteiger partial charge on any atom is -0.265 e. The highest BCUT2D eigenvalue weighted by Gasteiger charge is 2.10. The Morgan fingerprint density at radius 3 is 2.65 bits per heavy atom. The van der Waals surface area contributed by atoms with Crippen LogP contribution in [0.3, 0.4) is 0 Å². The molecule has 0 aliphatic carbocycles. The number of rotatable bonds is 4. The van der Waals surface area contributed by atoms with E-state index in [1.807, 2.05) is 42.5 Å². The summed E-state index contributed by atoms with van der Waals surface area (Å²) in [6, 6.07) is 13.6. The molecule has 0 fully saturated rings. The van der Waals surface area contributed by atoms with Crippen molar-refractivity contribution >= 4 is 17.4 Å². The molecule has 23 heavy (non-hydrogen) atoms. The van der Waals surface area contributed by atoms with Gasteiger partial charge in [-0.15, -0.1) is 10.2 Å². The summed E-state index contributed by atoms with van der Waals surface area (Å²) in [6.45, 7) is 0. The molecule has 7 heteroatoms. The first-order chi connectivity index (χ1) is 11.4. The van der Waals surface area contributed by atoms with E-state index in [2.05, 4.69) is 25.3 Å². The Balaban J connectivity index is 1.65. The molecule has 0 aliphatic heterocycles. The third-order valence-electron chi connectivity index (χ3n) is 3.27. The van der Waals surface area contributed by atoms with Gasteiger partial charge in [-0.05, 0) is 36.4 Å². The number of nitrogens with zero attached hydrogens (tertiary/aromatic N) is 6. The predicted molar refractivity (Wildman–Crippen MR) is 87.8 cm³/mol. The van der Waals surface area contributed by atoms with Crippen molar-refractivity contribution in [3.63, 3.8) is 0 Å². The van der Waals surface area contributed by atoms with Crippen molar-refractivity contribution in [2.24, 2.45) is 0 Å². The highest BCUT2D eigenvalue weighted by molar-refractivity contribution is 7.98. The van der Waals surface area contributed by atoms with Gasteiger partial charge in [-0.1, -0.05) is 17.8 Å². The zero-order chi connectivity index (χ0) is 15.5. The molecule has 0 saturated carbocycles. The van der Waals surface area contributed by atoms with Gasteiger partial charge in [0.2, 0.25) is 0 Å². The summed E-state index contributed by atoms with van der Waals surface area (Å²) < 4.78 is 1.76. The molecule has 0 saturated heterocycles. The molecule has 112 valence electrons. The first kappa shape index (κ1) is 13.8. The van der Waals surface area contributed by atoms with Crippen molar-refractivity contribution < 1.29 is 0 Å². The summed E-state index contributed by atoms with van der Waals surface area (Å²) in [6.07, 6.45) is 5.26. The van der Waals surface area contributed by atoms with Gasteiger partial charge < -0.3 is 0 Å². The molecule has 0 N–H and O–H groups in total. The molecule has 0 atom stereocenters. The zero-order valence-corrected chi connectivity index (χ0v) is 12.9. The second-order valence-corrected chi connectivity index (χ2v) is 5.81. The molecule has 4 heterocycles. The van der Waals surface area contributed by atoms with Crippen LogP contribution in [-0.2, 0) is 5.75 Å². The third kappa shape index (κ3) is 2.91. The standard InChI is InChI=1S/C16H12N6S/c1-2-8-18-13(3-1)11-23-15-5-4-14-19-20-16(22(14)21-15)12-6-9-17-10-7-12/h1-10H,11H2. The fourth-order valence-corrected chi connectivity index (χ4v) is 2.93. The van der Waals surface area contributed by atoms with Crippen LogP contribution in [0.1, 0.15) is 5.69 Å². The van der Waals surface area contributed by atoms with Gasteiger partial charge in [0.15, 0.2) is 11.5 Å². The van der Waals surface area contributed by atoms with Gasteiger partial charge in [0.05, 0.1) is 5.69 Å². The van der Waals surface area contributed by atoms with Crippen molar-refractivity contribution in [2.75, 3.05) is 0 Å². The lowest BCUT2D eigenvalue weighted by atomic mass is 10.2. The predicted octanol–water partition coefficient (Wildman–Crippen LogP) is 2.87. The van der Waals surface area contributed by atoms with Crippen molar-refractivity contribution in [1.29, 1.82) is 0 Å². The van der Waals surface area contributed by atoms with Gasteiger partial charge in [-0.3, -0.25) is 9.97 Å². The lowest BCUT2D eigenvalue weighted by Gasteiger charge is -2.03. The molecule has 0 aromatic carbocycles. The van der Waals surface area contributed by atoms with Crippen molar-refractivity contribution in [3.8, 4) is 11.4 Å². The number of fused-ring (bicyclic) bond motifs is 1. The number of pyridine rings is 2.